The summed E-state index contributed by atoms with van der Waals surface area (Å²) in [7, 11) is -3.73. The monoisotopic (exact) mass is 332 g/mol. The molecule has 2 rings (SSSR count). The summed E-state index contributed by atoms with van der Waals surface area (Å²) in [5, 5.41) is 10.6. The van der Waals surface area contributed by atoms with Gasteiger partial charge >= 0.3 is 0 Å². The van der Waals surface area contributed by atoms with Crippen molar-refractivity contribution in [3.05, 3.63) is 50.3 Å². The van der Waals surface area contributed by atoms with Crippen LogP contribution in [-0.4, -0.2) is 13.3 Å². The van der Waals surface area contributed by atoms with Gasteiger partial charge in [-0.05, 0) is 30.7 Å². The van der Waals surface area contributed by atoms with Crippen LogP contribution in [0.1, 0.15) is 5.56 Å². The molecule has 0 saturated heterocycles. The number of hydrogen-bond acceptors (Lipinski definition) is 5. The Morgan fingerprint density at radius 1 is 1.30 bits per heavy atom. The van der Waals surface area contributed by atoms with Gasteiger partial charge in [0.2, 0.25) is 0 Å². The number of benzene rings is 1. The second-order valence-electron chi connectivity index (χ2n) is 3.92. The summed E-state index contributed by atoms with van der Waals surface area (Å²) >= 11 is 6.64. The number of sulfonamides is 1. The van der Waals surface area contributed by atoms with Crippen molar-refractivity contribution in [1.82, 2.24) is 0 Å². The molecule has 0 aliphatic carbocycles. The van der Waals surface area contributed by atoms with Crippen molar-refractivity contribution in [3.8, 4) is 0 Å². The number of nitrogens with zero attached hydrogens (tertiary/aromatic N) is 1. The first-order valence-corrected chi connectivity index (χ1v) is 8.00. The molecule has 0 radical (unpaired) electrons. The molecule has 1 N–H and O–H groups in total. The topological polar surface area (TPSA) is 89.3 Å². The van der Waals surface area contributed by atoms with Gasteiger partial charge in [0.25, 0.3) is 15.7 Å². The molecule has 1 aromatic heterocycles. The van der Waals surface area contributed by atoms with Crippen molar-refractivity contribution < 1.29 is 13.3 Å². The lowest BCUT2D eigenvalue weighted by atomic mass is 10.2. The van der Waals surface area contributed by atoms with Gasteiger partial charge in [0.05, 0.1) is 14.9 Å². The van der Waals surface area contributed by atoms with Gasteiger partial charge in [-0.15, -0.1) is 11.3 Å². The molecule has 20 heavy (non-hydrogen) atoms. The number of aryl methyl sites for hydroxylation is 1. The van der Waals surface area contributed by atoms with E-state index in [2.05, 4.69) is 4.72 Å². The van der Waals surface area contributed by atoms with Crippen LogP contribution in [0.3, 0.4) is 0 Å². The van der Waals surface area contributed by atoms with Crippen LogP contribution in [0.5, 0.6) is 0 Å². The fraction of sp³-hybridized carbons (Fsp3) is 0.0909. The van der Waals surface area contributed by atoms with Crippen molar-refractivity contribution in [1.29, 1.82) is 0 Å². The van der Waals surface area contributed by atoms with Crippen LogP contribution in [0.4, 0.5) is 11.4 Å². The van der Waals surface area contributed by atoms with E-state index in [1.54, 1.807) is 6.92 Å². The van der Waals surface area contributed by atoms with Gasteiger partial charge in [0.15, 0.2) is 0 Å². The number of rotatable bonds is 4. The van der Waals surface area contributed by atoms with E-state index < -0.39 is 14.9 Å². The van der Waals surface area contributed by atoms with Crippen molar-refractivity contribution in [2.75, 3.05) is 4.72 Å². The highest BCUT2D eigenvalue weighted by Gasteiger charge is 2.18. The third-order valence-corrected chi connectivity index (χ3v) is 5.57. The lowest BCUT2D eigenvalue weighted by Crippen LogP contribution is -2.12. The molecule has 0 saturated carbocycles. The van der Waals surface area contributed by atoms with Crippen LogP contribution in [0.2, 0.25) is 4.34 Å². The summed E-state index contributed by atoms with van der Waals surface area (Å²) in [6.45, 7) is 1.59. The Labute approximate surface area is 124 Å². The number of non-ortho nitro benzene ring substituents is 1. The summed E-state index contributed by atoms with van der Waals surface area (Å²) in [5.74, 6) is 0. The predicted octanol–water partition coefficient (Wildman–Crippen LogP) is 3.42. The standard InChI is InChI=1S/C11H9ClN2O4S2/c1-7-6-8(14(15)16)2-3-9(7)13-20(17,18)11-5-4-10(12)19-11/h2-6,13H,1H3. The van der Waals surface area contributed by atoms with Gasteiger partial charge in [-0.1, -0.05) is 11.6 Å². The molecule has 0 unspecified atom stereocenters. The smallest absolute Gasteiger partial charge is 0.271 e. The lowest BCUT2D eigenvalue weighted by Gasteiger charge is -2.08. The van der Waals surface area contributed by atoms with E-state index in [9.17, 15) is 18.5 Å². The van der Waals surface area contributed by atoms with Crippen LogP contribution < -0.4 is 4.72 Å². The maximum absolute atomic E-state index is 12.1. The Kier molecular flexibility index (Phi) is 3.98. The van der Waals surface area contributed by atoms with Crippen molar-refractivity contribution in [2.24, 2.45) is 0 Å². The SMILES string of the molecule is Cc1cc([N+](=O)[O-])ccc1NS(=O)(=O)c1ccc(Cl)s1. The molecular formula is C11H9ClN2O4S2. The van der Waals surface area contributed by atoms with E-state index >= 15 is 0 Å². The molecule has 0 fully saturated rings. The molecule has 0 spiro atoms. The molecule has 106 valence electrons. The van der Waals surface area contributed by atoms with Crippen LogP contribution in [0.25, 0.3) is 0 Å². The van der Waals surface area contributed by atoms with Gasteiger partial charge in [-0.2, -0.15) is 0 Å². The first-order chi connectivity index (χ1) is 9.29. The van der Waals surface area contributed by atoms with Crippen molar-refractivity contribution >= 4 is 44.3 Å². The van der Waals surface area contributed by atoms with E-state index in [1.165, 1.54) is 30.3 Å². The minimum absolute atomic E-state index is 0.0836. The van der Waals surface area contributed by atoms with Crippen LogP contribution in [-0.2, 0) is 10.0 Å². The summed E-state index contributed by atoms with van der Waals surface area (Å²) in [4.78, 5) is 10.1. The summed E-state index contributed by atoms with van der Waals surface area (Å²) < 4.78 is 27.0. The maximum Gasteiger partial charge on any atom is 0.271 e. The zero-order chi connectivity index (χ0) is 14.9. The van der Waals surface area contributed by atoms with E-state index in [4.69, 9.17) is 11.6 Å². The summed E-state index contributed by atoms with van der Waals surface area (Å²) in [6.07, 6.45) is 0. The molecule has 1 aromatic carbocycles. The third-order valence-electron chi connectivity index (χ3n) is 2.48. The lowest BCUT2D eigenvalue weighted by molar-refractivity contribution is -0.384. The van der Waals surface area contributed by atoms with Gasteiger partial charge in [0.1, 0.15) is 4.21 Å². The zero-order valence-corrected chi connectivity index (χ0v) is 12.6. The van der Waals surface area contributed by atoms with Crippen LogP contribution in [0, 0.1) is 17.0 Å². The number of nitro groups is 1. The minimum Gasteiger partial charge on any atom is -0.279 e. The van der Waals surface area contributed by atoms with Gasteiger partial charge in [-0.25, -0.2) is 8.42 Å². The van der Waals surface area contributed by atoms with Gasteiger partial charge in [0, 0.05) is 12.1 Å². The molecule has 6 nitrogen and oxygen atoms in total. The molecule has 2 aromatic rings. The molecule has 9 heteroatoms. The molecule has 0 amide bonds. The van der Waals surface area contributed by atoms with Crippen molar-refractivity contribution in [2.45, 2.75) is 11.1 Å². The largest absolute Gasteiger partial charge is 0.279 e. The minimum atomic E-state index is -3.73. The van der Waals surface area contributed by atoms with E-state index in [1.807, 2.05) is 0 Å². The Morgan fingerprint density at radius 3 is 2.50 bits per heavy atom. The van der Waals surface area contributed by atoms with Gasteiger partial charge in [-0.3, -0.25) is 14.8 Å². The number of nitro benzene ring substituents is 1. The van der Waals surface area contributed by atoms with Gasteiger partial charge < -0.3 is 0 Å². The average molecular weight is 333 g/mol. The molecule has 0 bridgehead atoms. The zero-order valence-electron chi connectivity index (χ0n) is 10.2. The molecule has 1 heterocycles. The number of halogens is 1. The molecule has 0 aliphatic heterocycles. The Bertz CT molecular complexity index is 770. The fourth-order valence-corrected chi connectivity index (χ4v) is 4.13. The highest BCUT2D eigenvalue weighted by molar-refractivity contribution is 7.94. The normalized spacial score (nSPS) is 11.3. The second kappa shape index (κ2) is 5.39. The van der Waals surface area contributed by atoms with E-state index in [0.29, 0.717) is 15.6 Å². The first-order valence-electron chi connectivity index (χ1n) is 5.33. The quantitative estimate of drug-likeness (QED) is 0.686. The van der Waals surface area contributed by atoms with Crippen LogP contribution in [0.15, 0.2) is 34.5 Å². The third kappa shape index (κ3) is 3.09. The maximum atomic E-state index is 12.1. The number of hydrogen-bond donors (Lipinski definition) is 1. The number of nitrogens with one attached hydrogen (secondary N) is 1. The first kappa shape index (κ1) is 14.8. The highest BCUT2D eigenvalue weighted by Crippen LogP contribution is 2.29. The predicted molar refractivity (Wildman–Crippen MR) is 78.0 cm³/mol. The molecular weight excluding hydrogens is 324 g/mol. The highest BCUT2D eigenvalue weighted by atomic mass is 35.5. The Morgan fingerprint density at radius 2 is 2.00 bits per heavy atom. The molecule has 0 atom stereocenters. The number of anilines is 1. The Hall–Kier alpha value is -1.64. The van der Waals surface area contributed by atoms with Crippen molar-refractivity contribution in [3.63, 3.8) is 0 Å². The fourth-order valence-electron chi connectivity index (χ4n) is 1.51. The Balaban J connectivity index is 2.32. The summed E-state index contributed by atoms with van der Waals surface area (Å²) in [5.41, 5.74) is 0.662. The van der Waals surface area contributed by atoms with Crippen LogP contribution >= 0.6 is 22.9 Å². The second-order valence-corrected chi connectivity index (χ2v) is 7.54. The van der Waals surface area contributed by atoms with E-state index in [0.717, 1.165) is 11.3 Å². The summed E-state index contributed by atoms with van der Waals surface area (Å²) in [6, 6.07) is 6.80. The average Bonchev–Trinajstić information content (AvgIpc) is 2.79. The van der Waals surface area contributed by atoms with E-state index in [-0.39, 0.29) is 9.90 Å². The number of thiophene rings is 1. The molecule has 0 aliphatic rings.